The van der Waals surface area contributed by atoms with Gasteiger partial charge in [0.2, 0.25) is 0 Å². The second kappa shape index (κ2) is 6.66. The molecule has 1 N–H and O–H groups in total. The maximum absolute atomic E-state index is 12.2. The van der Waals surface area contributed by atoms with Crippen LogP contribution < -0.4 is 5.32 Å². The Bertz CT molecular complexity index is 652. The van der Waals surface area contributed by atoms with Crippen molar-refractivity contribution < 1.29 is 4.79 Å². The lowest BCUT2D eigenvalue weighted by Gasteiger charge is -2.12. The molecule has 0 fully saturated rings. The number of fused-ring (bicyclic) bond motifs is 1. The van der Waals surface area contributed by atoms with Gasteiger partial charge >= 0.3 is 0 Å². The van der Waals surface area contributed by atoms with Crippen LogP contribution in [-0.4, -0.2) is 21.9 Å². The molecule has 4 nitrogen and oxygen atoms in total. The van der Waals surface area contributed by atoms with E-state index in [2.05, 4.69) is 36.1 Å². The zero-order valence-corrected chi connectivity index (χ0v) is 13.2. The highest BCUT2D eigenvalue weighted by atomic mass is 16.1. The zero-order chi connectivity index (χ0) is 15.4. The number of rotatable bonds is 5. The van der Waals surface area contributed by atoms with Crippen LogP contribution in [0.3, 0.4) is 0 Å². The van der Waals surface area contributed by atoms with Crippen LogP contribution >= 0.6 is 0 Å². The smallest absolute Gasteiger partial charge is 0.251 e. The van der Waals surface area contributed by atoms with E-state index in [0.29, 0.717) is 5.56 Å². The minimum Gasteiger partial charge on any atom is -0.350 e. The minimum absolute atomic E-state index is 0.0503. The lowest BCUT2D eigenvalue weighted by Crippen LogP contribution is -2.31. The number of hydrogen-bond acceptors (Lipinski definition) is 3. The Labute approximate surface area is 126 Å². The predicted molar refractivity (Wildman–Crippen MR) is 85.5 cm³/mol. The van der Waals surface area contributed by atoms with Gasteiger partial charge in [-0.3, -0.25) is 4.79 Å². The Kier molecular flexibility index (Phi) is 4.89. The molecule has 0 saturated carbocycles. The Morgan fingerprint density at radius 3 is 2.29 bits per heavy atom. The van der Waals surface area contributed by atoms with Crippen LogP contribution in [0.2, 0.25) is 0 Å². The first-order valence-corrected chi connectivity index (χ1v) is 7.69. The summed E-state index contributed by atoms with van der Waals surface area (Å²) >= 11 is 0. The van der Waals surface area contributed by atoms with E-state index < -0.39 is 0 Å². The summed E-state index contributed by atoms with van der Waals surface area (Å²) in [4.78, 5) is 21.5. The summed E-state index contributed by atoms with van der Waals surface area (Å²) < 4.78 is 0. The predicted octanol–water partition coefficient (Wildman–Crippen LogP) is 3.28. The molecule has 0 bridgehead atoms. The molecule has 0 spiro atoms. The Morgan fingerprint density at radius 1 is 1.10 bits per heavy atom. The third-order valence-corrected chi connectivity index (χ3v) is 3.74. The molecule has 0 unspecified atom stereocenters. The molecule has 112 valence electrons. The van der Waals surface area contributed by atoms with Gasteiger partial charge in [0.05, 0.1) is 22.4 Å². The largest absolute Gasteiger partial charge is 0.350 e. The van der Waals surface area contributed by atoms with E-state index in [-0.39, 0.29) is 11.9 Å². The standard InChI is InChI=1S/C17H23N3O/c1-5-11(4)18-17(21)12-8-9-15-16(10-12)20-14(7-3)13(6-2)19-15/h8-11H,5-7H2,1-4H3,(H,18,21)/t11-/m0/s1. The van der Waals surface area contributed by atoms with Crippen LogP contribution in [-0.2, 0) is 12.8 Å². The molecule has 1 aromatic carbocycles. The summed E-state index contributed by atoms with van der Waals surface area (Å²) in [6.07, 6.45) is 2.65. The SMILES string of the molecule is CCc1nc2ccc(C(=O)N[C@@H](C)CC)cc2nc1CC. The van der Waals surface area contributed by atoms with E-state index in [0.717, 1.165) is 41.7 Å². The van der Waals surface area contributed by atoms with Crippen LogP contribution in [0.15, 0.2) is 18.2 Å². The fraction of sp³-hybridized carbons (Fsp3) is 0.471. The number of carbonyl (C=O) groups is 1. The van der Waals surface area contributed by atoms with Gasteiger partial charge in [-0.05, 0) is 44.4 Å². The average Bonchev–Trinajstić information content (AvgIpc) is 2.52. The van der Waals surface area contributed by atoms with Crippen LogP contribution in [0.25, 0.3) is 11.0 Å². The maximum atomic E-state index is 12.2. The fourth-order valence-corrected chi connectivity index (χ4v) is 2.24. The molecule has 1 atom stereocenters. The van der Waals surface area contributed by atoms with Gasteiger partial charge in [-0.1, -0.05) is 20.8 Å². The number of amides is 1. The number of aromatic nitrogens is 2. The number of nitrogens with one attached hydrogen (secondary N) is 1. The first-order valence-electron chi connectivity index (χ1n) is 7.69. The highest BCUT2D eigenvalue weighted by Crippen LogP contribution is 2.16. The van der Waals surface area contributed by atoms with Gasteiger partial charge in [-0.25, -0.2) is 9.97 Å². The number of aryl methyl sites for hydroxylation is 2. The van der Waals surface area contributed by atoms with Crippen LogP contribution in [0.1, 0.15) is 55.9 Å². The monoisotopic (exact) mass is 285 g/mol. The van der Waals surface area contributed by atoms with Gasteiger partial charge in [0.1, 0.15) is 0 Å². The van der Waals surface area contributed by atoms with Crippen molar-refractivity contribution in [2.45, 2.75) is 53.0 Å². The van der Waals surface area contributed by atoms with Crippen LogP contribution in [0.5, 0.6) is 0 Å². The van der Waals surface area contributed by atoms with E-state index in [9.17, 15) is 4.79 Å². The lowest BCUT2D eigenvalue weighted by molar-refractivity contribution is 0.0939. The summed E-state index contributed by atoms with van der Waals surface area (Å²) in [7, 11) is 0. The van der Waals surface area contributed by atoms with Gasteiger partial charge in [0.15, 0.2) is 0 Å². The van der Waals surface area contributed by atoms with Crippen molar-refractivity contribution in [2.75, 3.05) is 0 Å². The highest BCUT2D eigenvalue weighted by molar-refractivity contribution is 5.97. The van der Waals surface area contributed by atoms with Crippen molar-refractivity contribution in [2.24, 2.45) is 0 Å². The van der Waals surface area contributed by atoms with Crippen molar-refractivity contribution in [3.63, 3.8) is 0 Å². The van der Waals surface area contributed by atoms with Gasteiger partial charge in [-0.2, -0.15) is 0 Å². The van der Waals surface area contributed by atoms with Crippen LogP contribution in [0.4, 0.5) is 0 Å². The fourth-order valence-electron chi connectivity index (χ4n) is 2.24. The second-order valence-corrected chi connectivity index (χ2v) is 5.31. The average molecular weight is 285 g/mol. The molecule has 0 aliphatic rings. The molecular formula is C17H23N3O. The Balaban J connectivity index is 2.39. The van der Waals surface area contributed by atoms with Gasteiger partial charge in [-0.15, -0.1) is 0 Å². The number of hydrogen-bond donors (Lipinski definition) is 1. The summed E-state index contributed by atoms with van der Waals surface area (Å²) in [6, 6.07) is 5.71. The van der Waals surface area contributed by atoms with E-state index in [4.69, 9.17) is 0 Å². The number of carbonyl (C=O) groups excluding carboxylic acids is 1. The molecule has 4 heteroatoms. The number of nitrogens with zero attached hydrogens (tertiary/aromatic N) is 2. The molecule has 1 aromatic heterocycles. The zero-order valence-electron chi connectivity index (χ0n) is 13.2. The van der Waals surface area contributed by atoms with Crippen molar-refractivity contribution in [3.8, 4) is 0 Å². The van der Waals surface area contributed by atoms with Gasteiger partial charge in [0.25, 0.3) is 5.91 Å². The van der Waals surface area contributed by atoms with E-state index in [1.807, 2.05) is 25.1 Å². The molecule has 2 rings (SSSR count). The van der Waals surface area contributed by atoms with E-state index >= 15 is 0 Å². The second-order valence-electron chi connectivity index (χ2n) is 5.31. The molecule has 1 amide bonds. The highest BCUT2D eigenvalue weighted by Gasteiger charge is 2.11. The van der Waals surface area contributed by atoms with Crippen molar-refractivity contribution in [3.05, 3.63) is 35.2 Å². The summed E-state index contributed by atoms with van der Waals surface area (Å²) in [5.74, 6) is -0.0503. The molecular weight excluding hydrogens is 262 g/mol. The molecule has 0 aliphatic carbocycles. The quantitative estimate of drug-likeness (QED) is 0.917. The Morgan fingerprint density at radius 2 is 1.71 bits per heavy atom. The summed E-state index contributed by atoms with van der Waals surface area (Å²) in [6.45, 7) is 8.22. The normalized spacial score (nSPS) is 12.4. The van der Waals surface area contributed by atoms with Gasteiger partial charge < -0.3 is 5.32 Å². The molecule has 2 aromatic rings. The lowest BCUT2D eigenvalue weighted by atomic mass is 10.1. The van der Waals surface area contributed by atoms with Crippen molar-refractivity contribution in [1.29, 1.82) is 0 Å². The number of benzene rings is 1. The molecule has 0 saturated heterocycles. The third-order valence-electron chi connectivity index (χ3n) is 3.74. The van der Waals surface area contributed by atoms with Crippen molar-refractivity contribution in [1.82, 2.24) is 15.3 Å². The van der Waals surface area contributed by atoms with Crippen molar-refractivity contribution >= 4 is 16.9 Å². The van der Waals surface area contributed by atoms with E-state index in [1.54, 1.807) is 0 Å². The molecule has 21 heavy (non-hydrogen) atoms. The first kappa shape index (κ1) is 15.4. The molecule has 1 heterocycles. The third kappa shape index (κ3) is 3.38. The van der Waals surface area contributed by atoms with Crippen LogP contribution in [0, 0.1) is 0 Å². The maximum Gasteiger partial charge on any atom is 0.251 e. The summed E-state index contributed by atoms with van der Waals surface area (Å²) in [5, 5.41) is 2.97. The molecule has 0 radical (unpaired) electrons. The topological polar surface area (TPSA) is 54.9 Å². The Hall–Kier alpha value is -1.97. The van der Waals surface area contributed by atoms with E-state index in [1.165, 1.54) is 0 Å². The van der Waals surface area contributed by atoms with Gasteiger partial charge in [0, 0.05) is 11.6 Å². The minimum atomic E-state index is -0.0503. The summed E-state index contributed by atoms with van der Waals surface area (Å²) in [5.41, 5.74) is 4.35. The first-order chi connectivity index (χ1) is 10.1. The molecule has 0 aliphatic heterocycles.